The summed E-state index contributed by atoms with van der Waals surface area (Å²) in [6, 6.07) is 7.43. The maximum atomic E-state index is 12.0. The molecule has 0 spiro atoms. The zero-order chi connectivity index (χ0) is 14.7. The molecule has 0 radical (unpaired) electrons. The zero-order valence-electron chi connectivity index (χ0n) is 11.3. The molecule has 4 nitrogen and oxygen atoms in total. The molecule has 21 heavy (non-hydrogen) atoms. The van der Waals surface area contributed by atoms with Crippen molar-refractivity contribution in [3.63, 3.8) is 0 Å². The van der Waals surface area contributed by atoms with E-state index < -0.39 is 0 Å². The van der Waals surface area contributed by atoms with Crippen LogP contribution in [-0.2, 0) is 0 Å². The van der Waals surface area contributed by atoms with Crippen LogP contribution in [-0.4, -0.2) is 41.1 Å². The summed E-state index contributed by atoms with van der Waals surface area (Å²) in [5.74, 6) is 0.224. The number of rotatable bonds is 6. The fourth-order valence-electron chi connectivity index (χ4n) is 2.12. The molecule has 1 aliphatic heterocycles. The van der Waals surface area contributed by atoms with E-state index in [9.17, 15) is 9.59 Å². The summed E-state index contributed by atoms with van der Waals surface area (Å²) in [7, 11) is 0. The summed E-state index contributed by atoms with van der Waals surface area (Å²) < 4.78 is 0. The second-order valence-corrected chi connectivity index (χ2v) is 6.63. The molecule has 0 aromatic carbocycles. The molecule has 0 amide bonds. The maximum absolute atomic E-state index is 12.0. The number of carbonyl (C=O) groups excluding carboxylic acids is 2. The summed E-state index contributed by atoms with van der Waals surface area (Å²) in [4.78, 5) is 29.4. The minimum Gasteiger partial charge on any atom is -0.351 e. The minimum atomic E-state index is 0.112. The average molecular weight is 318 g/mol. The molecule has 3 heterocycles. The van der Waals surface area contributed by atoms with E-state index in [4.69, 9.17) is 0 Å². The van der Waals surface area contributed by atoms with Crippen molar-refractivity contribution in [2.24, 2.45) is 0 Å². The molecule has 108 valence electrons. The Balaban J connectivity index is 1.51. The molecule has 2 aromatic heterocycles. The monoisotopic (exact) mass is 318 g/mol. The fraction of sp³-hybridized carbons (Fsp3) is 0.200. The molecule has 1 aliphatic rings. The normalized spacial score (nSPS) is 13.9. The molecular weight excluding hydrogens is 304 g/mol. The molecule has 0 bridgehead atoms. The third-order valence-electron chi connectivity index (χ3n) is 3.14. The van der Waals surface area contributed by atoms with Crippen molar-refractivity contribution in [2.45, 2.75) is 0 Å². The van der Waals surface area contributed by atoms with Gasteiger partial charge in [0.2, 0.25) is 0 Å². The van der Waals surface area contributed by atoms with E-state index >= 15 is 0 Å². The van der Waals surface area contributed by atoms with Crippen LogP contribution in [0.1, 0.15) is 19.3 Å². The molecule has 0 N–H and O–H groups in total. The number of Topliss-reactive ketones (excluding diaryl/α,β-unsaturated/α-hetero) is 2. The van der Waals surface area contributed by atoms with Crippen LogP contribution in [0.5, 0.6) is 0 Å². The van der Waals surface area contributed by atoms with Gasteiger partial charge in [-0.25, -0.2) is 0 Å². The molecule has 2 aromatic rings. The third kappa shape index (κ3) is 3.40. The molecule has 0 fully saturated rings. The molecule has 0 aliphatic carbocycles. The van der Waals surface area contributed by atoms with Crippen LogP contribution in [0.4, 0.5) is 0 Å². The van der Waals surface area contributed by atoms with E-state index in [0.717, 1.165) is 9.75 Å². The van der Waals surface area contributed by atoms with E-state index in [1.54, 1.807) is 0 Å². The van der Waals surface area contributed by atoms with Crippen LogP contribution >= 0.6 is 22.7 Å². The van der Waals surface area contributed by atoms with Gasteiger partial charge in [0.05, 0.1) is 29.5 Å². The van der Waals surface area contributed by atoms with Gasteiger partial charge in [-0.05, 0) is 22.9 Å². The Bertz CT molecular complexity index is 591. The van der Waals surface area contributed by atoms with Gasteiger partial charge >= 0.3 is 0 Å². The van der Waals surface area contributed by atoms with Gasteiger partial charge in [0, 0.05) is 12.4 Å². The van der Waals surface area contributed by atoms with E-state index in [1.807, 2.05) is 57.2 Å². The Morgan fingerprint density at radius 2 is 1.38 bits per heavy atom. The van der Waals surface area contributed by atoms with E-state index in [-0.39, 0.29) is 11.6 Å². The number of thiophene rings is 2. The number of hydrogen-bond donors (Lipinski definition) is 0. The molecule has 0 saturated heterocycles. The largest absolute Gasteiger partial charge is 0.351 e. The highest BCUT2D eigenvalue weighted by atomic mass is 32.1. The predicted octanol–water partition coefficient (Wildman–Crippen LogP) is 2.92. The van der Waals surface area contributed by atoms with E-state index in [0.29, 0.717) is 19.8 Å². The van der Waals surface area contributed by atoms with Crippen molar-refractivity contribution < 1.29 is 9.59 Å². The minimum absolute atomic E-state index is 0.112. The summed E-state index contributed by atoms with van der Waals surface area (Å²) in [5.41, 5.74) is 0. The highest BCUT2D eigenvalue weighted by Crippen LogP contribution is 2.15. The van der Waals surface area contributed by atoms with Gasteiger partial charge in [0.15, 0.2) is 11.6 Å². The van der Waals surface area contributed by atoms with E-state index in [1.165, 1.54) is 22.7 Å². The number of hydrogen-bond acceptors (Lipinski definition) is 6. The number of carbonyl (C=O) groups is 2. The van der Waals surface area contributed by atoms with Crippen LogP contribution in [0.15, 0.2) is 47.4 Å². The van der Waals surface area contributed by atoms with Crippen LogP contribution in [0, 0.1) is 0 Å². The lowest BCUT2D eigenvalue weighted by Gasteiger charge is -2.19. The second-order valence-electron chi connectivity index (χ2n) is 4.73. The molecule has 0 atom stereocenters. The molecule has 0 unspecified atom stereocenters. The van der Waals surface area contributed by atoms with Crippen LogP contribution in [0.25, 0.3) is 0 Å². The highest BCUT2D eigenvalue weighted by molar-refractivity contribution is 7.12. The lowest BCUT2D eigenvalue weighted by Crippen LogP contribution is -2.32. The first-order chi connectivity index (χ1) is 10.2. The van der Waals surface area contributed by atoms with Gasteiger partial charge in [-0.15, -0.1) is 22.7 Å². The quantitative estimate of drug-likeness (QED) is 0.768. The summed E-state index contributed by atoms with van der Waals surface area (Å²) >= 11 is 2.91. The van der Waals surface area contributed by atoms with Crippen molar-refractivity contribution >= 4 is 34.2 Å². The first-order valence-electron chi connectivity index (χ1n) is 6.52. The molecule has 3 rings (SSSR count). The van der Waals surface area contributed by atoms with Gasteiger partial charge < -0.3 is 9.80 Å². The average Bonchev–Trinajstić information content (AvgIpc) is 3.22. The Kier molecular flexibility index (Phi) is 4.17. The van der Waals surface area contributed by atoms with Gasteiger partial charge in [0.1, 0.15) is 0 Å². The summed E-state index contributed by atoms with van der Waals surface area (Å²) in [6.07, 6.45) is 3.74. The van der Waals surface area contributed by atoms with Crippen molar-refractivity contribution in [2.75, 3.05) is 19.8 Å². The van der Waals surface area contributed by atoms with Crippen LogP contribution in [0.2, 0.25) is 0 Å². The predicted molar refractivity (Wildman–Crippen MR) is 84.7 cm³/mol. The van der Waals surface area contributed by atoms with Gasteiger partial charge in [0.25, 0.3) is 0 Å². The van der Waals surface area contributed by atoms with Gasteiger partial charge in [-0.3, -0.25) is 9.59 Å². The lowest BCUT2D eigenvalue weighted by molar-refractivity contribution is 0.0925. The SMILES string of the molecule is O=C(CN1C=CN(CC(=O)c2cccs2)C1)c1cccs1. The van der Waals surface area contributed by atoms with E-state index in [2.05, 4.69) is 0 Å². The third-order valence-corrected chi connectivity index (χ3v) is 4.96. The Hall–Kier alpha value is -1.92. The summed E-state index contributed by atoms with van der Waals surface area (Å²) in [6.45, 7) is 1.27. The lowest BCUT2D eigenvalue weighted by atomic mass is 10.3. The standard InChI is InChI=1S/C15H14N2O2S2/c18-12(14-3-1-7-20-14)9-16-5-6-17(11-16)10-13(19)15-4-2-8-21-15/h1-8H,9-11H2. The number of ketones is 2. The topological polar surface area (TPSA) is 40.6 Å². The maximum Gasteiger partial charge on any atom is 0.192 e. The first kappa shape index (κ1) is 14.0. The van der Waals surface area contributed by atoms with Crippen molar-refractivity contribution in [3.8, 4) is 0 Å². The first-order valence-corrected chi connectivity index (χ1v) is 8.28. The van der Waals surface area contributed by atoms with Gasteiger partial charge in [-0.2, -0.15) is 0 Å². The zero-order valence-corrected chi connectivity index (χ0v) is 12.9. The van der Waals surface area contributed by atoms with Crippen molar-refractivity contribution in [1.29, 1.82) is 0 Å². The molecule has 0 saturated carbocycles. The molecular formula is C15H14N2O2S2. The fourth-order valence-corrected chi connectivity index (χ4v) is 3.43. The Morgan fingerprint density at radius 1 is 0.905 bits per heavy atom. The second kappa shape index (κ2) is 6.24. The van der Waals surface area contributed by atoms with Crippen LogP contribution < -0.4 is 0 Å². The Morgan fingerprint density at radius 3 is 1.76 bits per heavy atom. The highest BCUT2D eigenvalue weighted by Gasteiger charge is 2.19. The summed E-state index contributed by atoms with van der Waals surface area (Å²) in [5, 5.41) is 3.80. The van der Waals surface area contributed by atoms with Gasteiger partial charge in [-0.1, -0.05) is 12.1 Å². The number of nitrogens with zero attached hydrogens (tertiary/aromatic N) is 2. The van der Waals surface area contributed by atoms with Crippen molar-refractivity contribution in [1.82, 2.24) is 9.80 Å². The smallest absolute Gasteiger partial charge is 0.192 e. The molecule has 6 heteroatoms. The van der Waals surface area contributed by atoms with Crippen LogP contribution in [0.3, 0.4) is 0 Å². The van der Waals surface area contributed by atoms with Crippen molar-refractivity contribution in [3.05, 3.63) is 57.2 Å². The Labute approximate surface area is 130 Å².